The molecular weight excluding hydrogens is 191 g/mol. The van der Waals surface area contributed by atoms with E-state index in [9.17, 15) is 14.4 Å². The largest absolute Gasteiger partial charge is 0.300 e. The maximum Gasteiger partial charge on any atom is 0.195 e. The van der Waals surface area contributed by atoms with E-state index in [1.54, 1.807) is 0 Å². The normalized spacial score (nSPS) is 6.55. The summed E-state index contributed by atoms with van der Waals surface area (Å²) in [6.45, 7) is 5.56. The minimum Gasteiger partial charge on any atom is -0.300 e. The SMILES string of the molecule is CC(=O)C(C)=O.CC(C)=O.[Co]. The fourth-order valence-electron chi connectivity index (χ4n) is 0. The van der Waals surface area contributed by atoms with Crippen molar-refractivity contribution in [3.8, 4) is 0 Å². The zero-order valence-electron chi connectivity index (χ0n) is 7.06. The first-order chi connectivity index (χ1) is 4.37. The zero-order valence-corrected chi connectivity index (χ0v) is 8.10. The molecule has 0 fully saturated rings. The molecule has 0 aromatic carbocycles. The molecule has 0 aromatic heterocycles. The summed E-state index contributed by atoms with van der Waals surface area (Å²) in [5, 5.41) is 0. The van der Waals surface area contributed by atoms with Crippen LogP contribution in [0.15, 0.2) is 0 Å². The van der Waals surface area contributed by atoms with Gasteiger partial charge < -0.3 is 4.79 Å². The topological polar surface area (TPSA) is 51.2 Å². The van der Waals surface area contributed by atoms with E-state index >= 15 is 0 Å². The molecule has 67 valence electrons. The number of hydrogen-bond donors (Lipinski definition) is 0. The summed E-state index contributed by atoms with van der Waals surface area (Å²) >= 11 is 0. The average Bonchev–Trinajstić information content (AvgIpc) is 1.63. The van der Waals surface area contributed by atoms with E-state index in [1.165, 1.54) is 27.7 Å². The maximum atomic E-state index is 9.79. The van der Waals surface area contributed by atoms with E-state index in [0.29, 0.717) is 0 Å². The van der Waals surface area contributed by atoms with Crippen molar-refractivity contribution in [2.75, 3.05) is 0 Å². The fourth-order valence-corrected chi connectivity index (χ4v) is 0. The van der Waals surface area contributed by atoms with E-state index < -0.39 is 0 Å². The third-order valence-corrected chi connectivity index (χ3v) is 0.496. The van der Waals surface area contributed by atoms with E-state index in [0.717, 1.165) is 0 Å². The summed E-state index contributed by atoms with van der Waals surface area (Å²) in [4.78, 5) is 29.0. The zero-order chi connectivity index (χ0) is 8.73. The smallest absolute Gasteiger partial charge is 0.195 e. The number of Topliss-reactive ketones (excluding diaryl/α,β-unsaturated/α-hetero) is 3. The van der Waals surface area contributed by atoms with Crippen molar-refractivity contribution in [2.24, 2.45) is 0 Å². The Morgan fingerprint density at radius 2 is 0.818 bits per heavy atom. The van der Waals surface area contributed by atoms with E-state index in [1.807, 2.05) is 0 Å². The Balaban J connectivity index is -0.000000114. The number of hydrogen-bond acceptors (Lipinski definition) is 3. The van der Waals surface area contributed by atoms with E-state index in [4.69, 9.17) is 0 Å². The van der Waals surface area contributed by atoms with Gasteiger partial charge in [-0.05, 0) is 13.8 Å². The van der Waals surface area contributed by atoms with Crippen LogP contribution >= 0.6 is 0 Å². The van der Waals surface area contributed by atoms with Crippen LogP contribution in [0.1, 0.15) is 27.7 Å². The molecule has 0 saturated carbocycles. The van der Waals surface area contributed by atoms with Gasteiger partial charge in [0.05, 0.1) is 0 Å². The Kier molecular flexibility index (Phi) is 14.6. The van der Waals surface area contributed by atoms with Crippen LogP contribution in [-0.2, 0) is 31.2 Å². The second kappa shape index (κ2) is 9.52. The summed E-state index contributed by atoms with van der Waals surface area (Å²) in [7, 11) is 0. The van der Waals surface area contributed by atoms with Gasteiger partial charge in [-0.1, -0.05) is 0 Å². The number of carbonyl (C=O) groups excluding carboxylic acids is 3. The number of carbonyl (C=O) groups is 3. The van der Waals surface area contributed by atoms with Gasteiger partial charge in [-0.2, -0.15) is 0 Å². The Bertz CT molecular complexity index is 136. The third kappa shape index (κ3) is 43.5. The molecule has 0 heterocycles. The van der Waals surface area contributed by atoms with Crippen LogP contribution < -0.4 is 0 Å². The Morgan fingerprint density at radius 3 is 0.818 bits per heavy atom. The van der Waals surface area contributed by atoms with Crippen molar-refractivity contribution in [2.45, 2.75) is 27.7 Å². The summed E-state index contributed by atoms with van der Waals surface area (Å²) < 4.78 is 0. The van der Waals surface area contributed by atoms with Crippen molar-refractivity contribution < 1.29 is 31.2 Å². The van der Waals surface area contributed by atoms with Gasteiger partial charge >= 0.3 is 0 Å². The van der Waals surface area contributed by atoms with Gasteiger partial charge in [-0.25, -0.2) is 0 Å². The van der Waals surface area contributed by atoms with Gasteiger partial charge in [0.25, 0.3) is 0 Å². The molecule has 0 aliphatic heterocycles. The molecule has 0 aliphatic carbocycles. The molecular formula is C7H12CoO3. The van der Waals surface area contributed by atoms with Crippen LogP contribution in [-0.4, -0.2) is 17.3 Å². The van der Waals surface area contributed by atoms with Crippen LogP contribution in [0, 0.1) is 0 Å². The van der Waals surface area contributed by atoms with Crippen molar-refractivity contribution >= 4 is 17.3 Å². The molecule has 1 radical (unpaired) electrons. The van der Waals surface area contributed by atoms with Crippen LogP contribution in [0.5, 0.6) is 0 Å². The number of rotatable bonds is 1. The molecule has 0 N–H and O–H groups in total. The standard InChI is InChI=1S/C4H6O2.C3H6O.Co/c1-3(5)4(2)6;1-3(2)4;/h1-2H3;1-2H3;. The first kappa shape index (κ1) is 16.9. The predicted molar refractivity (Wildman–Crippen MR) is 37.7 cm³/mol. The molecule has 0 aliphatic rings. The van der Waals surface area contributed by atoms with Crippen LogP contribution in [0.25, 0.3) is 0 Å². The average molecular weight is 203 g/mol. The summed E-state index contributed by atoms with van der Waals surface area (Å²) in [6.07, 6.45) is 0. The second-order valence-corrected chi connectivity index (χ2v) is 2.02. The molecule has 0 bridgehead atoms. The second-order valence-electron chi connectivity index (χ2n) is 2.02. The Labute approximate surface area is 76.7 Å². The summed E-state index contributed by atoms with van der Waals surface area (Å²) in [5.74, 6) is -0.593. The van der Waals surface area contributed by atoms with Gasteiger partial charge in [0.2, 0.25) is 0 Å². The molecule has 0 aromatic rings. The number of ketones is 3. The first-order valence-corrected chi connectivity index (χ1v) is 2.86. The molecule has 0 rings (SSSR count). The van der Waals surface area contributed by atoms with Gasteiger partial charge in [-0.3, -0.25) is 9.59 Å². The third-order valence-electron chi connectivity index (χ3n) is 0.496. The molecule has 0 atom stereocenters. The predicted octanol–water partition coefficient (Wildman–Crippen LogP) is 0.757. The van der Waals surface area contributed by atoms with Crippen molar-refractivity contribution in [3.05, 3.63) is 0 Å². The van der Waals surface area contributed by atoms with Crippen LogP contribution in [0.4, 0.5) is 0 Å². The summed E-state index contributed by atoms with van der Waals surface area (Å²) in [5.41, 5.74) is 0. The summed E-state index contributed by atoms with van der Waals surface area (Å²) in [6, 6.07) is 0. The molecule has 11 heavy (non-hydrogen) atoms. The Hall–Kier alpha value is -0.484. The van der Waals surface area contributed by atoms with Gasteiger partial charge in [0, 0.05) is 30.6 Å². The fraction of sp³-hybridized carbons (Fsp3) is 0.571. The minimum atomic E-state index is -0.380. The molecule has 4 heteroatoms. The van der Waals surface area contributed by atoms with Crippen molar-refractivity contribution in [1.29, 1.82) is 0 Å². The van der Waals surface area contributed by atoms with E-state index in [-0.39, 0.29) is 34.1 Å². The van der Waals surface area contributed by atoms with Gasteiger partial charge in [-0.15, -0.1) is 0 Å². The van der Waals surface area contributed by atoms with Crippen molar-refractivity contribution in [1.82, 2.24) is 0 Å². The van der Waals surface area contributed by atoms with Gasteiger partial charge in [0.15, 0.2) is 11.6 Å². The van der Waals surface area contributed by atoms with E-state index in [2.05, 4.69) is 0 Å². The quantitative estimate of drug-likeness (QED) is 0.591. The van der Waals surface area contributed by atoms with Crippen LogP contribution in [0.3, 0.4) is 0 Å². The maximum absolute atomic E-state index is 9.79. The van der Waals surface area contributed by atoms with Crippen LogP contribution in [0.2, 0.25) is 0 Å². The molecule has 0 spiro atoms. The molecule has 0 saturated heterocycles. The van der Waals surface area contributed by atoms with Gasteiger partial charge in [0.1, 0.15) is 5.78 Å². The monoisotopic (exact) mass is 203 g/mol. The first-order valence-electron chi connectivity index (χ1n) is 2.86. The molecule has 3 nitrogen and oxygen atoms in total. The van der Waals surface area contributed by atoms with Crippen molar-refractivity contribution in [3.63, 3.8) is 0 Å². The Morgan fingerprint density at radius 1 is 0.727 bits per heavy atom. The molecule has 0 amide bonds. The minimum absolute atomic E-state index is 0. The molecule has 0 unspecified atom stereocenters.